The maximum absolute atomic E-state index is 12.0. The van der Waals surface area contributed by atoms with Gasteiger partial charge in [0.25, 0.3) is 0 Å². The molecule has 0 saturated carbocycles. The van der Waals surface area contributed by atoms with E-state index in [1.54, 1.807) is 18.2 Å². The second-order valence-electron chi connectivity index (χ2n) is 5.29. The van der Waals surface area contributed by atoms with Crippen molar-refractivity contribution in [1.82, 2.24) is 5.32 Å². The molecule has 6 nitrogen and oxygen atoms in total. The van der Waals surface area contributed by atoms with Crippen molar-refractivity contribution in [2.45, 2.75) is 26.3 Å². The highest BCUT2D eigenvalue weighted by Gasteiger charge is 2.21. The molecule has 1 unspecified atom stereocenters. The first-order chi connectivity index (χ1) is 10.3. The molecule has 0 aromatic heterocycles. The number of anilines is 1. The Labute approximate surface area is 134 Å². The van der Waals surface area contributed by atoms with Crippen LogP contribution in [0.4, 0.5) is 5.69 Å². The number of ether oxygens (including phenoxy) is 1. The van der Waals surface area contributed by atoms with E-state index in [1.807, 2.05) is 13.8 Å². The lowest BCUT2D eigenvalue weighted by Gasteiger charge is -2.16. The number of carbonyl (C=O) groups is 2. The Kier molecular flexibility index (Phi) is 7.14. The predicted octanol–water partition coefficient (Wildman–Crippen LogP) is 2.38. The van der Waals surface area contributed by atoms with Gasteiger partial charge in [0, 0.05) is 5.02 Å². The van der Waals surface area contributed by atoms with E-state index < -0.39 is 17.9 Å². The van der Waals surface area contributed by atoms with Crippen LogP contribution in [-0.2, 0) is 9.59 Å². The van der Waals surface area contributed by atoms with E-state index in [-0.39, 0.29) is 12.3 Å². The molecule has 122 valence electrons. The molecule has 0 heterocycles. The zero-order valence-corrected chi connectivity index (χ0v) is 13.6. The molecule has 1 aromatic carbocycles. The number of carboxylic acids is 1. The third-order valence-corrected chi connectivity index (χ3v) is 3.13. The van der Waals surface area contributed by atoms with Crippen molar-refractivity contribution in [3.05, 3.63) is 23.2 Å². The van der Waals surface area contributed by atoms with Crippen molar-refractivity contribution in [2.75, 3.05) is 19.0 Å². The lowest BCUT2D eigenvalue weighted by molar-refractivity contribution is -0.141. The summed E-state index contributed by atoms with van der Waals surface area (Å²) in [7, 11) is 1.48. The highest BCUT2D eigenvalue weighted by molar-refractivity contribution is 6.31. The first-order valence-corrected chi connectivity index (χ1v) is 7.30. The molecule has 0 bridgehead atoms. The number of amides is 1. The number of methoxy groups -OCH3 is 1. The second-order valence-corrected chi connectivity index (χ2v) is 5.73. The van der Waals surface area contributed by atoms with Crippen molar-refractivity contribution in [2.24, 2.45) is 5.92 Å². The van der Waals surface area contributed by atoms with E-state index in [9.17, 15) is 9.59 Å². The van der Waals surface area contributed by atoms with Crippen molar-refractivity contribution in [1.29, 1.82) is 0 Å². The summed E-state index contributed by atoms with van der Waals surface area (Å²) < 4.78 is 5.13. The van der Waals surface area contributed by atoms with Crippen molar-refractivity contribution in [3.63, 3.8) is 0 Å². The standard InChI is InChI=1S/C15H21ClN2O4/c1-9(2)8-17-12(15(20)21)7-14(19)18-11-6-10(16)4-5-13(11)22-3/h4-6,9,12,17H,7-8H2,1-3H3,(H,18,19)(H,20,21). The smallest absolute Gasteiger partial charge is 0.321 e. The molecular formula is C15H21ClN2O4. The molecular weight excluding hydrogens is 308 g/mol. The van der Waals surface area contributed by atoms with Crippen LogP contribution in [0, 0.1) is 5.92 Å². The Morgan fingerprint density at radius 2 is 2.05 bits per heavy atom. The molecule has 0 aliphatic rings. The Morgan fingerprint density at radius 1 is 1.36 bits per heavy atom. The van der Waals surface area contributed by atoms with Crippen molar-refractivity contribution in [3.8, 4) is 5.75 Å². The summed E-state index contributed by atoms with van der Waals surface area (Å²) in [4.78, 5) is 23.2. The van der Waals surface area contributed by atoms with Gasteiger partial charge in [-0.2, -0.15) is 0 Å². The molecule has 0 aliphatic heterocycles. The average Bonchev–Trinajstić information content (AvgIpc) is 2.43. The lowest BCUT2D eigenvalue weighted by Crippen LogP contribution is -2.41. The van der Waals surface area contributed by atoms with Gasteiger partial charge in [0.15, 0.2) is 0 Å². The molecule has 1 atom stereocenters. The normalized spacial score (nSPS) is 12.0. The summed E-state index contributed by atoms with van der Waals surface area (Å²) in [5, 5.41) is 15.1. The minimum absolute atomic E-state index is 0.183. The zero-order chi connectivity index (χ0) is 16.7. The molecule has 22 heavy (non-hydrogen) atoms. The van der Waals surface area contributed by atoms with Crippen molar-refractivity contribution >= 4 is 29.2 Å². The second kappa shape index (κ2) is 8.60. The van der Waals surface area contributed by atoms with Gasteiger partial charge in [-0.15, -0.1) is 0 Å². The van der Waals surface area contributed by atoms with Gasteiger partial charge in [-0.25, -0.2) is 0 Å². The number of aliphatic carboxylic acids is 1. The van der Waals surface area contributed by atoms with E-state index in [1.165, 1.54) is 7.11 Å². The summed E-state index contributed by atoms with van der Waals surface area (Å²) in [6.45, 7) is 4.44. The quantitative estimate of drug-likeness (QED) is 0.682. The van der Waals surface area contributed by atoms with Gasteiger partial charge < -0.3 is 20.5 Å². The summed E-state index contributed by atoms with van der Waals surface area (Å²) >= 11 is 5.88. The van der Waals surface area contributed by atoms with Gasteiger partial charge in [0.05, 0.1) is 19.2 Å². The van der Waals surface area contributed by atoms with Crippen LogP contribution >= 0.6 is 11.6 Å². The Bertz CT molecular complexity index is 534. The number of carbonyl (C=O) groups excluding carboxylic acids is 1. The fourth-order valence-corrected chi connectivity index (χ4v) is 1.96. The number of hydrogen-bond donors (Lipinski definition) is 3. The van der Waals surface area contributed by atoms with Crippen LogP contribution in [0.1, 0.15) is 20.3 Å². The van der Waals surface area contributed by atoms with Gasteiger partial charge in [-0.3, -0.25) is 9.59 Å². The van der Waals surface area contributed by atoms with Crippen molar-refractivity contribution < 1.29 is 19.4 Å². The van der Waals surface area contributed by atoms with E-state index >= 15 is 0 Å². The highest BCUT2D eigenvalue weighted by Crippen LogP contribution is 2.27. The maximum Gasteiger partial charge on any atom is 0.321 e. The Balaban J connectivity index is 2.71. The molecule has 0 aliphatic carbocycles. The minimum atomic E-state index is -1.06. The van der Waals surface area contributed by atoms with Crippen LogP contribution in [0.2, 0.25) is 5.02 Å². The van der Waals surface area contributed by atoms with E-state index in [2.05, 4.69) is 10.6 Å². The minimum Gasteiger partial charge on any atom is -0.495 e. The Morgan fingerprint density at radius 3 is 2.59 bits per heavy atom. The monoisotopic (exact) mass is 328 g/mol. The summed E-state index contributed by atoms with van der Waals surface area (Å²) in [6.07, 6.45) is -0.183. The number of benzene rings is 1. The fourth-order valence-electron chi connectivity index (χ4n) is 1.79. The Hall–Kier alpha value is -1.79. The number of hydrogen-bond acceptors (Lipinski definition) is 4. The van der Waals surface area contributed by atoms with Crippen LogP contribution in [0.3, 0.4) is 0 Å². The molecule has 0 radical (unpaired) electrons. The summed E-state index contributed by atoms with van der Waals surface area (Å²) in [6, 6.07) is 3.88. The van der Waals surface area contributed by atoms with E-state index in [0.29, 0.717) is 23.0 Å². The third-order valence-electron chi connectivity index (χ3n) is 2.90. The van der Waals surface area contributed by atoms with Gasteiger partial charge in [0.2, 0.25) is 5.91 Å². The molecule has 7 heteroatoms. The molecule has 0 fully saturated rings. The van der Waals surface area contributed by atoms with Gasteiger partial charge in [-0.05, 0) is 30.7 Å². The van der Waals surface area contributed by atoms with Gasteiger partial charge in [-0.1, -0.05) is 25.4 Å². The summed E-state index contributed by atoms with van der Waals surface area (Å²) in [5.41, 5.74) is 0.410. The van der Waals surface area contributed by atoms with Gasteiger partial charge >= 0.3 is 5.97 Å². The number of nitrogens with one attached hydrogen (secondary N) is 2. The molecule has 1 rings (SSSR count). The van der Waals surface area contributed by atoms with Crippen LogP contribution in [-0.4, -0.2) is 36.7 Å². The molecule has 0 saturated heterocycles. The number of rotatable bonds is 8. The lowest BCUT2D eigenvalue weighted by atomic mass is 10.1. The van der Waals surface area contributed by atoms with Crippen LogP contribution in [0.15, 0.2) is 18.2 Å². The largest absolute Gasteiger partial charge is 0.495 e. The molecule has 3 N–H and O–H groups in total. The first kappa shape index (κ1) is 18.3. The topological polar surface area (TPSA) is 87.7 Å². The number of halogens is 1. The van der Waals surface area contributed by atoms with Crippen LogP contribution < -0.4 is 15.4 Å². The maximum atomic E-state index is 12.0. The fraction of sp³-hybridized carbons (Fsp3) is 0.467. The number of carboxylic acid groups (broad SMARTS) is 1. The molecule has 0 spiro atoms. The van der Waals surface area contributed by atoms with Crippen LogP contribution in [0.5, 0.6) is 5.75 Å². The predicted molar refractivity (Wildman–Crippen MR) is 85.5 cm³/mol. The van der Waals surface area contributed by atoms with Gasteiger partial charge in [0.1, 0.15) is 11.8 Å². The zero-order valence-electron chi connectivity index (χ0n) is 12.9. The van der Waals surface area contributed by atoms with Crippen LogP contribution in [0.25, 0.3) is 0 Å². The van der Waals surface area contributed by atoms with E-state index in [0.717, 1.165) is 0 Å². The van der Waals surface area contributed by atoms with E-state index in [4.69, 9.17) is 21.4 Å². The molecule has 1 amide bonds. The SMILES string of the molecule is COc1ccc(Cl)cc1NC(=O)CC(NCC(C)C)C(=O)O. The summed E-state index contributed by atoms with van der Waals surface area (Å²) in [5.74, 6) is -0.740. The average molecular weight is 329 g/mol. The highest BCUT2D eigenvalue weighted by atomic mass is 35.5. The first-order valence-electron chi connectivity index (χ1n) is 6.93. The molecule has 1 aromatic rings. The third kappa shape index (κ3) is 5.91.